The van der Waals surface area contributed by atoms with Gasteiger partial charge in [-0.05, 0) is 30.5 Å². The minimum Gasteiger partial charge on any atom is -0.462 e. The van der Waals surface area contributed by atoms with Crippen LogP contribution in [-0.4, -0.2) is 18.8 Å². The van der Waals surface area contributed by atoms with E-state index >= 15 is 0 Å². The molecule has 0 N–H and O–H groups in total. The highest BCUT2D eigenvalue weighted by atomic mass is 19.2. The van der Waals surface area contributed by atoms with Crippen LogP contribution >= 0.6 is 0 Å². The Balaban J connectivity index is 1.74. The molecule has 0 fully saturated rings. The molecule has 104 valence electrons. The molecular weight excluding hydrogens is 264 g/mol. The van der Waals surface area contributed by atoms with Gasteiger partial charge in [-0.3, -0.25) is 4.99 Å². The van der Waals surface area contributed by atoms with Crippen molar-refractivity contribution >= 4 is 12.2 Å². The lowest BCUT2D eigenvalue weighted by Gasteiger charge is -2.24. The number of nitrogens with zero attached hydrogens (tertiary/aromatic N) is 1. The highest BCUT2D eigenvalue weighted by Crippen LogP contribution is 2.29. The van der Waals surface area contributed by atoms with Gasteiger partial charge in [0.2, 0.25) is 0 Å². The lowest BCUT2D eigenvalue weighted by molar-refractivity contribution is -0.140. The average molecular weight is 277 g/mol. The third-order valence-electron chi connectivity index (χ3n) is 3.56. The first kappa shape index (κ1) is 13.0. The van der Waals surface area contributed by atoms with Crippen LogP contribution in [0.2, 0.25) is 0 Å². The van der Waals surface area contributed by atoms with E-state index in [9.17, 15) is 13.6 Å². The summed E-state index contributed by atoms with van der Waals surface area (Å²) in [6.45, 7) is 0.378. The van der Waals surface area contributed by atoms with Crippen LogP contribution in [0.4, 0.5) is 8.78 Å². The second-order valence-corrected chi connectivity index (χ2v) is 5.01. The predicted molar refractivity (Wildman–Crippen MR) is 69.3 cm³/mol. The van der Waals surface area contributed by atoms with Gasteiger partial charge in [-0.15, -0.1) is 0 Å². The van der Waals surface area contributed by atoms with Gasteiger partial charge in [0.25, 0.3) is 0 Å². The van der Waals surface area contributed by atoms with E-state index in [2.05, 4.69) is 4.99 Å². The number of cyclic esters (lactones) is 1. The van der Waals surface area contributed by atoms with E-state index in [1.165, 1.54) is 6.07 Å². The molecule has 0 radical (unpaired) electrons. The first-order valence-corrected chi connectivity index (χ1v) is 6.51. The molecule has 2 aliphatic heterocycles. The number of hydrogen-bond donors (Lipinski definition) is 0. The fraction of sp³-hybridized carbons (Fsp3) is 0.333. The van der Waals surface area contributed by atoms with E-state index < -0.39 is 11.6 Å². The minimum absolute atomic E-state index is 0.00395. The number of carbonyl (C=O) groups is 1. The first-order valence-electron chi connectivity index (χ1n) is 6.51. The largest absolute Gasteiger partial charge is 0.462 e. The van der Waals surface area contributed by atoms with Crippen LogP contribution in [0.1, 0.15) is 18.4 Å². The molecule has 3 nitrogen and oxygen atoms in total. The van der Waals surface area contributed by atoms with E-state index in [1.54, 1.807) is 12.3 Å². The summed E-state index contributed by atoms with van der Waals surface area (Å²) in [4.78, 5) is 16.0. The van der Waals surface area contributed by atoms with Gasteiger partial charge in [-0.2, -0.15) is 0 Å². The lowest BCUT2D eigenvalue weighted by atomic mass is 9.89. The molecule has 0 saturated carbocycles. The lowest BCUT2D eigenvalue weighted by Crippen LogP contribution is -2.23. The summed E-state index contributed by atoms with van der Waals surface area (Å²) >= 11 is 0. The van der Waals surface area contributed by atoms with Crippen molar-refractivity contribution in [2.24, 2.45) is 10.9 Å². The summed E-state index contributed by atoms with van der Waals surface area (Å²) in [5.41, 5.74) is 2.10. The van der Waals surface area contributed by atoms with Gasteiger partial charge in [-0.25, -0.2) is 13.6 Å². The number of benzene rings is 1. The van der Waals surface area contributed by atoms with Crippen LogP contribution < -0.4 is 0 Å². The molecule has 1 unspecified atom stereocenters. The zero-order valence-electron chi connectivity index (χ0n) is 10.7. The van der Waals surface area contributed by atoms with Crippen LogP contribution in [-0.2, 0) is 16.0 Å². The maximum atomic E-state index is 13.2. The quantitative estimate of drug-likeness (QED) is 0.780. The van der Waals surface area contributed by atoms with Crippen LogP contribution in [0.15, 0.2) is 34.5 Å². The van der Waals surface area contributed by atoms with E-state index in [0.29, 0.717) is 37.0 Å². The molecule has 1 aromatic carbocycles. The molecule has 20 heavy (non-hydrogen) atoms. The summed E-state index contributed by atoms with van der Waals surface area (Å²) in [6, 6.07) is 3.85. The van der Waals surface area contributed by atoms with Gasteiger partial charge < -0.3 is 4.74 Å². The average Bonchev–Trinajstić information content (AvgIpc) is 2.44. The topological polar surface area (TPSA) is 38.7 Å². The van der Waals surface area contributed by atoms with Crippen molar-refractivity contribution < 1.29 is 18.3 Å². The zero-order valence-corrected chi connectivity index (χ0v) is 10.7. The fourth-order valence-electron chi connectivity index (χ4n) is 2.54. The SMILES string of the molecule is O=C1OCCC2=C1CC(Cc1ccc(F)c(F)c1)C=N2. The zero-order chi connectivity index (χ0) is 14.1. The highest BCUT2D eigenvalue weighted by molar-refractivity contribution is 5.92. The van der Waals surface area contributed by atoms with Crippen molar-refractivity contribution in [2.45, 2.75) is 19.3 Å². The Hall–Kier alpha value is -2.04. The third-order valence-corrected chi connectivity index (χ3v) is 3.56. The highest BCUT2D eigenvalue weighted by Gasteiger charge is 2.27. The molecular formula is C15H13F2NO2. The van der Waals surface area contributed by atoms with Crippen molar-refractivity contribution in [1.82, 2.24) is 0 Å². The molecule has 2 aliphatic rings. The van der Waals surface area contributed by atoms with E-state index in [0.717, 1.165) is 11.8 Å². The molecule has 0 spiro atoms. The van der Waals surface area contributed by atoms with E-state index in [-0.39, 0.29) is 11.9 Å². The maximum absolute atomic E-state index is 13.2. The van der Waals surface area contributed by atoms with Crippen LogP contribution in [0.3, 0.4) is 0 Å². The minimum atomic E-state index is -0.855. The van der Waals surface area contributed by atoms with E-state index in [4.69, 9.17) is 4.74 Å². The Morgan fingerprint density at radius 2 is 2.15 bits per heavy atom. The molecule has 2 heterocycles. The Morgan fingerprint density at radius 3 is 2.95 bits per heavy atom. The van der Waals surface area contributed by atoms with Gasteiger partial charge in [0.05, 0.1) is 17.9 Å². The third kappa shape index (κ3) is 2.48. The molecule has 1 atom stereocenters. The second-order valence-electron chi connectivity index (χ2n) is 5.01. The summed E-state index contributed by atoms with van der Waals surface area (Å²) in [5, 5.41) is 0. The number of halogens is 2. The van der Waals surface area contributed by atoms with Gasteiger partial charge in [0.15, 0.2) is 11.6 Å². The Morgan fingerprint density at radius 1 is 1.30 bits per heavy atom. The van der Waals surface area contributed by atoms with Crippen molar-refractivity contribution in [3.8, 4) is 0 Å². The molecule has 1 aromatic rings. The summed E-state index contributed by atoms with van der Waals surface area (Å²) in [5.74, 6) is -2.01. The molecule has 0 amide bonds. The molecule has 0 bridgehead atoms. The summed E-state index contributed by atoms with van der Waals surface area (Å²) in [6.07, 6.45) is 3.50. The molecule has 3 rings (SSSR count). The number of esters is 1. The van der Waals surface area contributed by atoms with Crippen molar-refractivity contribution in [3.63, 3.8) is 0 Å². The standard InChI is InChI=1S/C15H13F2NO2/c16-12-2-1-9(7-13(12)17)5-10-6-11-14(18-8-10)3-4-20-15(11)19/h1-2,7-8,10H,3-6H2. The maximum Gasteiger partial charge on any atom is 0.335 e. The van der Waals surface area contributed by atoms with Crippen molar-refractivity contribution in [2.75, 3.05) is 6.61 Å². The van der Waals surface area contributed by atoms with Gasteiger partial charge in [0, 0.05) is 18.6 Å². The summed E-state index contributed by atoms with van der Waals surface area (Å²) < 4.78 is 31.1. The smallest absolute Gasteiger partial charge is 0.335 e. The van der Waals surface area contributed by atoms with E-state index in [1.807, 2.05) is 0 Å². The second kappa shape index (κ2) is 5.15. The number of rotatable bonds is 2. The molecule has 0 aromatic heterocycles. The Kier molecular flexibility index (Phi) is 3.34. The number of ether oxygens (including phenoxy) is 1. The fourth-order valence-corrected chi connectivity index (χ4v) is 2.54. The van der Waals surface area contributed by atoms with Gasteiger partial charge >= 0.3 is 5.97 Å². The normalized spacial score (nSPS) is 21.7. The van der Waals surface area contributed by atoms with Gasteiger partial charge in [0.1, 0.15) is 0 Å². The van der Waals surface area contributed by atoms with Crippen LogP contribution in [0.5, 0.6) is 0 Å². The van der Waals surface area contributed by atoms with Crippen LogP contribution in [0.25, 0.3) is 0 Å². The molecule has 0 aliphatic carbocycles. The molecule has 0 saturated heterocycles. The number of carbonyl (C=O) groups excluding carboxylic acids is 1. The monoisotopic (exact) mass is 277 g/mol. The summed E-state index contributed by atoms with van der Waals surface area (Å²) in [7, 11) is 0. The molecule has 5 heteroatoms. The van der Waals surface area contributed by atoms with Gasteiger partial charge in [-0.1, -0.05) is 6.07 Å². The van der Waals surface area contributed by atoms with Crippen LogP contribution in [0, 0.1) is 17.6 Å². The predicted octanol–water partition coefficient (Wildman–Crippen LogP) is 2.80. The number of aliphatic imine (C=N–C) groups is 1. The Labute approximate surface area is 115 Å². The van der Waals surface area contributed by atoms with Crippen molar-refractivity contribution in [1.29, 1.82) is 0 Å². The van der Waals surface area contributed by atoms with Crippen molar-refractivity contribution in [3.05, 3.63) is 46.7 Å². The Bertz CT molecular complexity index is 622. The number of hydrogen-bond acceptors (Lipinski definition) is 3. The first-order chi connectivity index (χ1) is 9.63.